The average molecular weight is 369 g/mol. The van der Waals surface area contributed by atoms with Gasteiger partial charge in [-0.25, -0.2) is 13.1 Å². The highest BCUT2D eigenvalue weighted by molar-refractivity contribution is 7.89. The van der Waals surface area contributed by atoms with Crippen LogP contribution in [0.4, 0.5) is 0 Å². The Bertz CT molecular complexity index is 693. The van der Waals surface area contributed by atoms with E-state index in [1.807, 2.05) is 0 Å². The standard InChI is InChI=1S/C17H27N3O4S/c1-13-6-8-20(15(10-13)12-18)17(21)14-4-3-5-16(11-14)25(22,23)19-7-9-24-2/h3-5,11,13,15,19H,6-10,12,18H2,1-2H3. The largest absolute Gasteiger partial charge is 0.383 e. The highest BCUT2D eigenvalue weighted by atomic mass is 32.2. The van der Waals surface area contributed by atoms with Gasteiger partial charge in [0, 0.05) is 38.3 Å². The Hall–Kier alpha value is -1.48. The van der Waals surface area contributed by atoms with Crippen molar-refractivity contribution >= 4 is 15.9 Å². The number of sulfonamides is 1. The fraction of sp³-hybridized carbons (Fsp3) is 0.588. The Balaban J connectivity index is 2.18. The van der Waals surface area contributed by atoms with E-state index >= 15 is 0 Å². The van der Waals surface area contributed by atoms with Crippen molar-refractivity contribution in [3.05, 3.63) is 29.8 Å². The van der Waals surface area contributed by atoms with E-state index in [0.717, 1.165) is 12.8 Å². The van der Waals surface area contributed by atoms with Gasteiger partial charge >= 0.3 is 0 Å². The summed E-state index contributed by atoms with van der Waals surface area (Å²) in [6, 6.07) is 6.12. The van der Waals surface area contributed by atoms with Crippen molar-refractivity contribution in [1.82, 2.24) is 9.62 Å². The number of nitrogens with one attached hydrogen (secondary N) is 1. The molecular weight excluding hydrogens is 342 g/mol. The average Bonchev–Trinajstić information content (AvgIpc) is 2.61. The number of methoxy groups -OCH3 is 1. The summed E-state index contributed by atoms with van der Waals surface area (Å²) in [6.45, 7) is 3.67. The number of amides is 1. The molecule has 0 bridgehead atoms. The fourth-order valence-electron chi connectivity index (χ4n) is 3.07. The van der Waals surface area contributed by atoms with Crippen molar-refractivity contribution in [2.75, 3.05) is 33.4 Å². The lowest BCUT2D eigenvalue weighted by Crippen LogP contribution is -2.49. The van der Waals surface area contributed by atoms with Crippen LogP contribution in [0, 0.1) is 5.92 Å². The highest BCUT2D eigenvalue weighted by Crippen LogP contribution is 2.24. The number of hydrogen-bond donors (Lipinski definition) is 2. The molecule has 3 N–H and O–H groups in total. The maximum absolute atomic E-state index is 12.9. The van der Waals surface area contributed by atoms with E-state index in [9.17, 15) is 13.2 Å². The summed E-state index contributed by atoms with van der Waals surface area (Å²) in [7, 11) is -2.17. The number of likely N-dealkylation sites (tertiary alicyclic amines) is 1. The van der Waals surface area contributed by atoms with Crippen LogP contribution in [0.5, 0.6) is 0 Å². The van der Waals surface area contributed by atoms with Crippen LogP contribution >= 0.6 is 0 Å². The molecule has 1 aromatic rings. The molecule has 1 aliphatic heterocycles. The maximum atomic E-state index is 12.9. The first-order chi connectivity index (χ1) is 11.9. The van der Waals surface area contributed by atoms with Gasteiger partial charge < -0.3 is 15.4 Å². The normalized spacial score (nSPS) is 21.3. The van der Waals surface area contributed by atoms with Crippen molar-refractivity contribution in [3.63, 3.8) is 0 Å². The smallest absolute Gasteiger partial charge is 0.254 e. The van der Waals surface area contributed by atoms with Crippen molar-refractivity contribution < 1.29 is 17.9 Å². The highest BCUT2D eigenvalue weighted by Gasteiger charge is 2.30. The van der Waals surface area contributed by atoms with E-state index in [4.69, 9.17) is 10.5 Å². The van der Waals surface area contributed by atoms with Gasteiger partial charge in [-0.3, -0.25) is 4.79 Å². The van der Waals surface area contributed by atoms with Gasteiger partial charge in [0.2, 0.25) is 10.0 Å². The van der Waals surface area contributed by atoms with E-state index < -0.39 is 10.0 Å². The number of benzene rings is 1. The second-order valence-electron chi connectivity index (χ2n) is 6.44. The molecule has 0 radical (unpaired) electrons. The lowest BCUT2D eigenvalue weighted by molar-refractivity contribution is 0.0573. The molecule has 0 aliphatic carbocycles. The van der Waals surface area contributed by atoms with Crippen LogP contribution in [0.25, 0.3) is 0 Å². The third-order valence-corrected chi connectivity index (χ3v) is 5.96. The zero-order valence-electron chi connectivity index (χ0n) is 14.8. The monoisotopic (exact) mass is 369 g/mol. The third-order valence-electron chi connectivity index (χ3n) is 4.50. The summed E-state index contributed by atoms with van der Waals surface area (Å²) >= 11 is 0. The first-order valence-corrected chi connectivity index (χ1v) is 9.97. The number of nitrogens with zero attached hydrogens (tertiary/aromatic N) is 1. The minimum Gasteiger partial charge on any atom is -0.383 e. The topological polar surface area (TPSA) is 102 Å². The van der Waals surface area contributed by atoms with Crippen LogP contribution < -0.4 is 10.5 Å². The van der Waals surface area contributed by atoms with Crippen molar-refractivity contribution in [3.8, 4) is 0 Å². The van der Waals surface area contributed by atoms with Gasteiger partial charge in [-0.1, -0.05) is 13.0 Å². The molecule has 2 atom stereocenters. The first-order valence-electron chi connectivity index (χ1n) is 8.48. The van der Waals surface area contributed by atoms with E-state index in [0.29, 0.717) is 24.6 Å². The molecule has 1 fully saturated rings. The van der Waals surface area contributed by atoms with Gasteiger partial charge in [0.1, 0.15) is 0 Å². The van der Waals surface area contributed by atoms with Crippen LogP contribution in [0.2, 0.25) is 0 Å². The zero-order valence-corrected chi connectivity index (χ0v) is 15.6. The Kier molecular flexibility index (Phi) is 6.95. The number of ether oxygens (including phenoxy) is 1. The Morgan fingerprint density at radius 3 is 2.88 bits per heavy atom. The van der Waals surface area contributed by atoms with Gasteiger partial charge in [0.05, 0.1) is 11.5 Å². The summed E-state index contributed by atoms with van der Waals surface area (Å²) in [5.41, 5.74) is 6.19. The van der Waals surface area contributed by atoms with Crippen molar-refractivity contribution in [2.24, 2.45) is 11.7 Å². The molecular formula is C17H27N3O4S. The van der Waals surface area contributed by atoms with Gasteiger partial charge in [-0.2, -0.15) is 0 Å². The molecule has 7 nitrogen and oxygen atoms in total. The maximum Gasteiger partial charge on any atom is 0.254 e. The lowest BCUT2D eigenvalue weighted by Gasteiger charge is -2.38. The van der Waals surface area contributed by atoms with Gasteiger partial charge in [-0.05, 0) is 37.0 Å². The van der Waals surface area contributed by atoms with E-state index in [1.54, 1.807) is 17.0 Å². The van der Waals surface area contributed by atoms with Crippen LogP contribution in [0.3, 0.4) is 0 Å². The molecule has 0 aromatic heterocycles. The van der Waals surface area contributed by atoms with E-state index in [2.05, 4.69) is 11.6 Å². The summed E-state index contributed by atoms with van der Waals surface area (Å²) in [5, 5.41) is 0. The predicted octanol–water partition coefficient (Wildman–Crippen LogP) is 0.811. The zero-order chi connectivity index (χ0) is 18.4. The second-order valence-corrected chi connectivity index (χ2v) is 8.20. The summed E-state index contributed by atoms with van der Waals surface area (Å²) in [4.78, 5) is 14.7. The van der Waals surface area contributed by atoms with Gasteiger partial charge in [0.15, 0.2) is 0 Å². The molecule has 1 heterocycles. The Morgan fingerprint density at radius 1 is 1.44 bits per heavy atom. The number of rotatable bonds is 7. The number of hydrogen-bond acceptors (Lipinski definition) is 5. The Morgan fingerprint density at radius 2 is 2.20 bits per heavy atom. The van der Waals surface area contributed by atoms with E-state index in [1.165, 1.54) is 19.2 Å². The summed E-state index contributed by atoms with van der Waals surface area (Å²) in [5.74, 6) is 0.366. The summed E-state index contributed by atoms with van der Waals surface area (Å²) < 4.78 is 31.9. The van der Waals surface area contributed by atoms with E-state index in [-0.39, 0.29) is 30.0 Å². The minimum atomic E-state index is -3.67. The third kappa shape index (κ3) is 5.01. The number of carbonyl (C=O) groups is 1. The SMILES string of the molecule is COCCNS(=O)(=O)c1cccc(C(=O)N2CCC(C)CC2CN)c1. The minimum absolute atomic E-state index is 0.00339. The molecule has 140 valence electrons. The molecule has 25 heavy (non-hydrogen) atoms. The number of piperidine rings is 1. The molecule has 0 saturated carbocycles. The molecule has 0 spiro atoms. The molecule has 1 amide bonds. The number of nitrogens with two attached hydrogens (primary N) is 1. The van der Waals surface area contributed by atoms with Crippen molar-refractivity contribution in [2.45, 2.75) is 30.7 Å². The molecule has 2 rings (SSSR count). The number of carbonyl (C=O) groups excluding carboxylic acids is 1. The predicted molar refractivity (Wildman–Crippen MR) is 95.8 cm³/mol. The quantitative estimate of drug-likeness (QED) is 0.693. The van der Waals surface area contributed by atoms with Crippen LogP contribution in [-0.4, -0.2) is 58.6 Å². The lowest BCUT2D eigenvalue weighted by atomic mass is 9.92. The molecule has 2 unspecified atom stereocenters. The van der Waals surface area contributed by atoms with Gasteiger partial charge in [-0.15, -0.1) is 0 Å². The van der Waals surface area contributed by atoms with Crippen LogP contribution in [0.1, 0.15) is 30.1 Å². The molecule has 1 aliphatic rings. The fourth-order valence-corrected chi connectivity index (χ4v) is 4.12. The first kappa shape index (κ1) is 19.8. The van der Waals surface area contributed by atoms with Gasteiger partial charge in [0.25, 0.3) is 5.91 Å². The molecule has 1 saturated heterocycles. The second kappa shape index (κ2) is 8.75. The van der Waals surface area contributed by atoms with Crippen LogP contribution in [-0.2, 0) is 14.8 Å². The molecule has 8 heteroatoms. The van der Waals surface area contributed by atoms with Crippen molar-refractivity contribution in [1.29, 1.82) is 0 Å². The summed E-state index contributed by atoms with van der Waals surface area (Å²) in [6.07, 6.45) is 1.80. The van der Waals surface area contributed by atoms with Crippen LogP contribution in [0.15, 0.2) is 29.2 Å². The Labute approximate surface area is 149 Å². The molecule has 1 aromatic carbocycles.